The first-order valence-corrected chi connectivity index (χ1v) is 13.4. The molecule has 0 bridgehead atoms. The molecule has 5 heteroatoms. The number of aliphatic hydroxyl groups is 3. The molecule has 5 rings (SSSR count). The second-order valence-electron chi connectivity index (χ2n) is 12.9. The fourth-order valence-corrected chi connectivity index (χ4v) is 9.55. The zero-order valence-electron chi connectivity index (χ0n) is 20.6. The van der Waals surface area contributed by atoms with Crippen molar-refractivity contribution in [2.75, 3.05) is 19.8 Å². The van der Waals surface area contributed by atoms with E-state index in [1.807, 2.05) is 0 Å². The average molecular weight is 451 g/mol. The van der Waals surface area contributed by atoms with Gasteiger partial charge in [0.15, 0.2) is 5.79 Å². The highest BCUT2D eigenvalue weighted by molar-refractivity contribution is 5.14. The minimum absolute atomic E-state index is 0.0171. The third-order valence-electron chi connectivity index (χ3n) is 11.5. The molecule has 184 valence electrons. The highest BCUT2D eigenvalue weighted by Gasteiger charge is 2.68. The van der Waals surface area contributed by atoms with Gasteiger partial charge in [0.25, 0.3) is 0 Å². The third kappa shape index (κ3) is 3.28. The predicted molar refractivity (Wildman–Crippen MR) is 123 cm³/mol. The van der Waals surface area contributed by atoms with E-state index in [9.17, 15) is 15.3 Å². The minimum atomic E-state index is -0.394. The summed E-state index contributed by atoms with van der Waals surface area (Å²) < 4.78 is 13.2. The summed E-state index contributed by atoms with van der Waals surface area (Å²) in [5.41, 5.74) is 0.153. The van der Waals surface area contributed by atoms with Gasteiger partial charge in [-0.25, -0.2) is 0 Å². The summed E-state index contributed by atoms with van der Waals surface area (Å²) in [6, 6.07) is 0. The smallest absolute Gasteiger partial charge is 0.171 e. The third-order valence-corrected chi connectivity index (χ3v) is 11.5. The van der Waals surface area contributed by atoms with Gasteiger partial charge in [0.05, 0.1) is 18.8 Å². The van der Waals surface area contributed by atoms with E-state index >= 15 is 0 Å². The number of rotatable bonds is 3. The Morgan fingerprint density at radius 3 is 2.28 bits per heavy atom. The van der Waals surface area contributed by atoms with E-state index in [1.54, 1.807) is 0 Å². The summed E-state index contributed by atoms with van der Waals surface area (Å²) in [5, 5.41) is 31.1. The van der Waals surface area contributed by atoms with Gasteiger partial charge < -0.3 is 24.8 Å². The zero-order valence-corrected chi connectivity index (χ0v) is 20.6. The van der Waals surface area contributed by atoms with Gasteiger partial charge in [-0.1, -0.05) is 27.7 Å². The molecule has 0 amide bonds. The number of aliphatic hydroxyl groups excluding tert-OH is 3. The van der Waals surface area contributed by atoms with Gasteiger partial charge in [0.2, 0.25) is 0 Å². The number of fused-ring (bicyclic) bond motifs is 3. The van der Waals surface area contributed by atoms with Crippen LogP contribution in [-0.2, 0) is 9.47 Å². The van der Waals surface area contributed by atoms with Gasteiger partial charge in [-0.15, -0.1) is 0 Å². The topological polar surface area (TPSA) is 79.2 Å². The fraction of sp³-hybridized carbons (Fsp3) is 1.00. The Hall–Kier alpha value is -0.200. The van der Waals surface area contributed by atoms with Crippen molar-refractivity contribution in [2.45, 2.75) is 97.1 Å². The second-order valence-corrected chi connectivity index (χ2v) is 12.9. The van der Waals surface area contributed by atoms with E-state index in [1.165, 1.54) is 6.42 Å². The Balaban J connectivity index is 1.40. The maximum absolute atomic E-state index is 10.7. The summed E-state index contributed by atoms with van der Waals surface area (Å²) in [5.74, 6) is 2.30. The van der Waals surface area contributed by atoms with E-state index in [2.05, 4.69) is 27.7 Å². The van der Waals surface area contributed by atoms with Crippen LogP contribution in [0.1, 0.15) is 79.1 Å². The largest absolute Gasteiger partial charge is 0.396 e. The fourth-order valence-electron chi connectivity index (χ4n) is 9.55. The molecule has 5 aliphatic rings. The summed E-state index contributed by atoms with van der Waals surface area (Å²) >= 11 is 0. The summed E-state index contributed by atoms with van der Waals surface area (Å²) in [6.45, 7) is 10.6. The molecule has 2 heterocycles. The lowest BCUT2D eigenvalue weighted by Gasteiger charge is -2.57. The molecule has 3 N–H and O–H groups in total. The molecule has 32 heavy (non-hydrogen) atoms. The Kier molecular flexibility index (Phi) is 6.02. The normalized spacial score (nSPS) is 58.0. The maximum Gasteiger partial charge on any atom is 0.171 e. The SMILES string of the molecule is CC1CCC2(OC1)OC1CC3C(CO)C(C4(C)CCC(O)CC4CO)CCC3(C)C1C2C. The molecule has 3 aliphatic carbocycles. The van der Waals surface area contributed by atoms with Gasteiger partial charge in [-0.2, -0.15) is 0 Å². The monoisotopic (exact) mass is 450 g/mol. The van der Waals surface area contributed by atoms with Crippen LogP contribution in [0.3, 0.4) is 0 Å². The molecule has 3 saturated carbocycles. The van der Waals surface area contributed by atoms with Crippen LogP contribution in [0, 0.1) is 52.3 Å². The van der Waals surface area contributed by atoms with Gasteiger partial charge >= 0.3 is 0 Å². The van der Waals surface area contributed by atoms with Crippen molar-refractivity contribution in [1.29, 1.82) is 0 Å². The number of hydrogen-bond acceptors (Lipinski definition) is 5. The molecule has 0 aromatic heterocycles. The molecule has 0 aromatic carbocycles. The lowest BCUT2D eigenvalue weighted by atomic mass is 9.48. The molecule has 5 fully saturated rings. The van der Waals surface area contributed by atoms with E-state index < -0.39 is 5.79 Å². The molecule has 12 atom stereocenters. The quantitative estimate of drug-likeness (QED) is 0.606. The van der Waals surface area contributed by atoms with Crippen LogP contribution in [0.25, 0.3) is 0 Å². The summed E-state index contributed by atoms with van der Waals surface area (Å²) in [6.07, 6.45) is 7.85. The molecule has 2 aliphatic heterocycles. The van der Waals surface area contributed by atoms with Crippen molar-refractivity contribution in [1.82, 2.24) is 0 Å². The minimum Gasteiger partial charge on any atom is -0.396 e. The number of hydrogen-bond donors (Lipinski definition) is 3. The van der Waals surface area contributed by atoms with Crippen LogP contribution < -0.4 is 0 Å². The van der Waals surface area contributed by atoms with Crippen LogP contribution in [0.15, 0.2) is 0 Å². The first-order chi connectivity index (χ1) is 15.2. The van der Waals surface area contributed by atoms with E-state index in [4.69, 9.17) is 9.47 Å². The van der Waals surface area contributed by atoms with Crippen molar-refractivity contribution < 1.29 is 24.8 Å². The van der Waals surface area contributed by atoms with Crippen molar-refractivity contribution in [2.24, 2.45) is 52.3 Å². The van der Waals surface area contributed by atoms with Crippen molar-refractivity contribution in [3.05, 3.63) is 0 Å². The van der Waals surface area contributed by atoms with Crippen LogP contribution >= 0.6 is 0 Å². The molecule has 12 unspecified atom stereocenters. The predicted octanol–water partition coefficient (Wildman–Crippen LogP) is 3.98. The molecule has 1 spiro atoms. The maximum atomic E-state index is 10.7. The van der Waals surface area contributed by atoms with Gasteiger partial charge in [0, 0.05) is 25.6 Å². The van der Waals surface area contributed by atoms with Crippen molar-refractivity contribution >= 4 is 0 Å². The molecule has 5 nitrogen and oxygen atoms in total. The second kappa shape index (κ2) is 8.19. The lowest BCUT2D eigenvalue weighted by molar-refractivity contribution is -0.273. The van der Waals surface area contributed by atoms with E-state index in [0.29, 0.717) is 36.0 Å². The highest BCUT2D eigenvalue weighted by Crippen LogP contribution is 2.69. The Morgan fingerprint density at radius 1 is 0.875 bits per heavy atom. The Labute approximate surface area is 194 Å². The van der Waals surface area contributed by atoms with Gasteiger partial charge in [-0.05, 0) is 91.3 Å². The average Bonchev–Trinajstić information content (AvgIpc) is 3.21. The molecule has 2 saturated heterocycles. The van der Waals surface area contributed by atoms with Crippen LogP contribution in [0.5, 0.6) is 0 Å². The molecular weight excluding hydrogens is 404 g/mol. The Bertz CT molecular complexity index is 690. The summed E-state index contributed by atoms with van der Waals surface area (Å²) in [7, 11) is 0. The van der Waals surface area contributed by atoms with Crippen LogP contribution in [0.4, 0.5) is 0 Å². The van der Waals surface area contributed by atoms with Crippen LogP contribution in [-0.4, -0.2) is 53.1 Å². The summed E-state index contributed by atoms with van der Waals surface area (Å²) in [4.78, 5) is 0. The van der Waals surface area contributed by atoms with Crippen molar-refractivity contribution in [3.63, 3.8) is 0 Å². The standard InChI is InChI=1S/C27H46O5/c1-16-5-10-27(31-15-16)17(2)24-23(32-27)12-22-20(14-29)21(7-9-26(22,24)4)25(3)8-6-19(30)11-18(25)13-28/h16-24,28-30H,5-15H2,1-4H3. The first kappa shape index (κ1) is 23.5. The van der Waals surface area contributed by atoms with E-state index in [-0.39, 0.29) is 48.1 Å². The Morgan fingerprint density at radius 2 is 1.62 bits per heavy atom. The van der Waals surface area contributed by atoms with Crippen LogP contribution in [0.2, 0.25) is 0 Å². The molecule has 0 radical (unpaired) electrons. The molecular formula is C27H46O5. The zero-order chi connectivity index (χ0) is 22.9. The van der Waals surface area contributed by atoms with Crippen molar-refractivity contribution in [3.8, 4) is 0 Å². The number of ether oxygens (including phenoxy) is 2. The molecule has 0 aromatic rings. The first-order valence-electron chi connectivity index (χ1n) is 13.4. The van der Waals surface area contributed by atoms with E-state index in [0.717, 1.165) is 45.1 Å². The van der Waals surface area contributed by atoms with Gasteiger partial charge in [-0.3, -0.25) is 0 Å². The highest BCUT2D eigenvalue weighted by atomic mass is 16.7. The lowest BCUT2D eigenvalue weighted by Crippen LogP contribution is -2.54. The van der Waals surface area contributed by atoms with Gasteiger partial charge in [0.1, 0.15) is 0 Å².